The van der Waals surface area contributed by atoms with Crippen LogP contribution in [0.4, 0.5) is 18.9 Å². The fraction of sp³-hybridized carbons (Fsp3) is 0.130. The summed E-state index contributed by atoms with van der Waals surface area (Å²) in [4.78, 5) is 10.7. The molecule has 0 aliphatic rings. The standard InChI is InChI=1S/C23H20F3NO3Si/c1-16(17-10-12-20(13-11-17)23(24,25)26)14-18-6-3-5-9-22(18)31-30-15-19-7-2-4-8-21(19)27(28)29/h2-13H,1,14-15,31H2. The predicted molar refractivity (Wildman–Crippen MR) is 117 cm³/mol. The normalized spacial score (nSPS) is 11.7. The van der Waals surface area contributed by atoms with Crippen LogP contribution in [0.25, 0.3) is 5.57 Å². The van der Waals surface area contributed by atoms with E-state index in [1.807, 2.05) is 24.3 Å². The fourth-order valence-corrected chi connectivity index (χ4v) is 4.38. The van der Waals surface area contributed by atoms with Gasteiger partial charge in [0.1, 0.15) is 0 Å². The third-order valence-corrected chi connectivity index (χ3v) is 6.26. The first-order valence-corrected chi connectivity index (χ1v) is 10.8. The van der Waals surface area contributed by atoms with E-state index in [1.54, 1.807) is 18.2 Å². The van der Waals surface area contributed by atoms with Crippen molar-refractivity contribution in [1.82, 2.24) is 0 Å². The van der Waals surface area contributed by atoms with Crippen molar-refractivity contribution in [3.63, 3.8) is 0 Å². The van der Waals surface area contributed by atoms with Gasteiger partial charge in [0.15, 0.2) is 9.76 Å². The van der Waals surface area contributed by atoms with Crippen molar-refractivity contribution in [2.75, 3.05) is 0 Å². The highest BCUT2D eigenvalue weighted by Gasteiger charge is 2.30. The lowest BCUT2D eigenvalue weighted by Crippen LogP contribution is -2.22. The Balaban J connectivity index is 1.67. The highest BCUT2D eigenvalue weighted by molar-refractivity contribution is 6.47. The van der Waals surface area contributed by atoms with Crippen molar-refractivity contribution in [2.24, 2.45) is 0 Å². The Kier molecular flexibility index (Phi) is 7.04. The van der Waals surface area contributed by atoms with Gasteiger partial charge in [-0.1, -0.05) is 55.1 Å². The molecule has 0 amide bonds. The largest absolute Gasteiger partial charge is 0.416 e. The van der Waals surface area contributed by atoms with E-state index in [0.29, 0.717) is 23.1 Å². The summed E-state index contributed by atoms with van der Waals surface area (Å²) >= 11 is 0. The lowest BCUT2D eigenvalue weighted by molar-refractivity contribution is -0.385. The highest BCUT2D eigenvalue weighted by Crippen LogP contribution is 2.30. The first kappa shape index (κ1) is 22.5. The van der Waals surface area contributed by atoms with Gasteiger partial charge >= 0.3 is 6.18 Å². The Bertz CT molecular complexity index is 1080. The zero-order valence-electron chi connectivity index (χ0n) is 16.6. The van der Waals surface area contributed by atoms with Gasteiger partial charge in [-0.25, -0.2) is 0 Å². The van der Waals surface area contributed by atoms with Crippen molar-refractivity contribution < 1.29 is 22.5 Å². The Morgan fingerprint density at radius 3 is 2.23 bits per heavy atom. The molecule has 0 heterocycles. The number of hydrogen-bond donors (Lipinski definition) is 0. The Morgan fingerprint density at radius 2 is 1.58 bits per heavy atom. The third kappa shape index (κ3) is 5.90. The SMILES string of the molecule is C=C(Cc1ccccc1[SiH2]OCc1ccccc1[N+](=O)[O-])c1ccc(C(F)(F)F)cc1. The van der Waals surface area contributed by atoms with Gasteiger partial charge < -0.3 is 4.43 Å². The third-order valence-electron chi connectivity index (χ3n) is 4.85. The summed E-state index contributed by atoms with van der Waals surface area (Å²) in [6, 6.07) is 19.1. The predicted octanol–water partition coefficient (Wildman–Crippen LogP) is 4.80. The number of nitrogens with zero attached hydrogens (tertiary/aromatic N) is 1. The summed E-state index contributed by atoms with van der Waals surface area (Å²) in [5.41, 5.74) is 2.19. The smallest absolute Gasteiger partial charge is 0.414 e. The van der Waals surface area contributed by atoms with Crippen LogP contribution in [0.2, 0.25) is 0 Å². The number of allylic oxidation sites excluding steroid dienone is 1. The number of rotatable bonds is 8. The zero-order chi connectivity index (χ0) is 22.4. The highest BCUT2D eigenvalue weighted by atomic mass is 28.2. The minimum Gasteiger partial charge on any atom is -0.414 e. The van der Waals surface area contributed by atoms with E-state index in [2.05, 4.69) is 6.58 Å². The molecule has 4 nitrogen and oxygen atoms in total. The molecule has 3 aromatic rings. The fourth-order valence-electron chi connectivity index (χ4n) is 3.18. The average molecular weight is 443 g/mol. The number of nitro benzene ring substituents is 1. The van der Waals surface area contributed by atoms with Gasteiger partial charge in [0, 0.05) is 6.07 Å². The zero-order valence-corrected chi connectivity index (χ0v) is 18.0. The summed E-state index contributed by atoms with van der Waals surface area (Å²) in [5.74, 6) is 0. The molecule has 0 spiro atoms. The molecule has 0 bridgehead atoms. The van der Waals surface area contributed by atoms with Crippen molar-refractivity contribution in [2.45, 2.75) is 19.2 Å². The van der Waals surface area contributed by atoms with E-state index in [-0.39, 0.29) is 12.3 Å². The molecule has 0 saturated carbocycles. The summed E-state index contributed by atoms with van der Waals surface area (Å²) < 4.78 is 44.1. The number of halogens is 3. The molecule has 0 aliphatic heterocycles. The number of hydrogen-bond acceptors (Lipinski definition) is 3. The van der Waals surface area contributed by atoms with Gasteiger partial charge in [-0.3, -0.25) is 10.1 Å². The first-order chi connectivity index (χ1) is 14.8. The molecule has 0 radical (unpaired) electrons. The van der Waals surface area contributed by atoms with E-state index in [1.165, 1.54) is 18.2 Å². The minimum absolute atomic E-state index is 0.0282. The summed E-state index contributed by atoms with van der Waals surface area (Å²) in [6.07, 6.45) is -3.90. The van der Waals surface area contributed by atoms with E-state index < -0.39 is 26.4 Å². The second-order valence-electron chi connectivity index (χ2n) is 7.00. The molecular weight excluding hydrogens is 423 g/mol. The van der Waals surface area contributed by atoms with Crippen LogP contribution in [-0.2, 0) is 23.6 Å². The van der Waals surface area contributed by atoms with Gasteiger partial charge in [-0.05, 0) is 46.5 Å². The summed E-state index contributed by atoms with van der Waals surface area (Å²) in [6.45, 7) is 4.18. The van der Waals surface area contributed by atoms with Gasteiger partial charge in [0.2, 0.25) is 0 Å². The molecular formula is C23H20F3NO3Si. The molecule has 160 valence electrons. The molecule has 0 aliphatic carbocycles. The summed E-state index contributed by atoms with van der Waals surface area (Å²) in [7, 11) is -1.19. The second kappa shape index (κ2) is 9.72. The van der Waals surface area contributed by atoms with Crippen LogP contribution in [0.3, 0.4) is 0 Å². The van der Waals surface area contributed by atoms with Gasteiger partial charge in [0.05, 0.1) is 22.7 Å². The molecule has 0 N–H and O–H groups in total. The topological polar surface area (TPSA) is 52.4 Å². The molecule has 0 fully saturated rings. The van der Waals surface area contributed by atoms with Gasteiger partial charge in [-0.2, -0.15) is 13.2 Å². The molecule has 0 atom stereocenters. The van der Waals surface area contributed by atoms with Crippen LogP contribution in [0.5, 0.6) is 0 Å². The maximum atomic E-state index is 12.8. The number of nitro groups is 1. The Morgan fingerprint density at radius 1 is 0.968 bits per heavy atom. The van der Waals surface area contributed by atoms with Crippen LogP contribution >= 0.6 is 0 Å². The molecule has 3 aromatic carbocycles. The molecule has 0 saturated heterocycles. The van der Waals surface area contributed by atoms with Crippen LogP contribution in [0.15, 0.2) is 79.4 Å². The van der Waals surface area contributed by atoms with E-state index in [9.17, 15) is 23.3 Å². The van der Waals surface area contributed by atoms with E-state index >= 15 is 0 Å². The lowest BCUT2D eigenvalue weighted by atomic mass is 9.98. The van der Waals surface area contributed by atoms with Crippen LogP contribution < -0.4 is 5.19 Å². The van der Waals surface area contributed by atoms with Crippen molar-refractivity contribution in [3.8, 4) is 0 Å². The number of para-hydroxylation sites is 1. The molecule has 0 aromatic heterocycles. The van der Waals surface area contributed by atoms with E-state index in [0.717, 1.165) is 22.9 Å². The van der Waals surface area contributed by atoms with Crippen LogP contribution in [0.1, 0.15) is 22.3 Å². The van der Waals surface area contributed by atoms with Gasteiger partial charge in [0.25, 0.3) is 5.69 Å². The number of alkyl halides is 3. The maximum absolute atomic E-state index is 12.8. The first-order valence-electron chi connectivity index (χ1n) is 9.48. The van der Waals surface area contributed by atoms with Gasteiger partial charge in [-0.15, -0.1) is 0 Å². The number of benzene rings is 3. The molecule has 31 heavy (non-hydrogen) atoms. The van der Waals surface area contributed by atoms with Crippen LogP contribution in [0, 0.1) is 10.1 Å². The molecule has 3 rings (SSSR count). The maximum Gasteiger partial charge on any atom is 0.416 e. The monoisotopic (exact) mass is 443 g/mol. The van der Waals surface area contributed by atoms with Crippen molar-refractivity contribution in [1.29, 1.82) is 0 Å². The van der Waals surface area contributed by atoms with E-state index in [4.69, 9.17) is 4.43 Å². The Hall–Kier alpha value is -3.23. The quantitative estimate of drug-likeness (QED) is 0.286. The Labute approximate surface area is 180 Å². The van der Waals surface area contributed by atoms with Crippen LogP contribution in [-0.4, -0.2) is 14.7 Å². The van der Waals surface area contributed by atoms with Crippen molar-refractivity contribution >= 4 is 26.2 Å². The second-order valence-corrected chi connectivity index (χ2v) is 8.46. The summed E-state index contributed by atoms with van der Waals surface area (Å²) in [5, 5.41) is 12.2. The average Bonchev–Trinajstić information content (AvgIpc) is 2.74. The van der Waals surface area contributed by atoms with Crippen molar-refractivity contribution in [3.05, 3.63) is 112 Å². The lowest BCUT2D eigenvalue weighted by Gasteiger charge is -2.13. The molecule has 0 unspecified atom stereocenters. The molecule has 8 heteroatoms. The minimum atomic E-state index is -4.37.